The molecule has 1 aromatic carbocycles. The van der Waals surface area contributed by atoms with Gasteiger partial charge in [0.1, 0.15) is 5.82 Å². The van der Waals surface area contributed by atoms with Crippen LogP contribution in [-0.2, 0) is 13.0 Å². The van der Waals surface area contributed by atoms with Crippen LogP contribution in [-0.4, -0.2) is 18.1 Å². The molecule has 110 valence electrons. The van der Waals surface area contributed by atoms with Gasteiger partial charge in [0, 0.05) is 35.0 Å². The van der Waals surface area contributed by atoms with Gasteiger partial charge < -0.3 is 10.2 Å². The van der Waals surface area contributed by atoms with Crippen molar-refractivity contribution in [2.45, 2.75) is 26.3 Å². The SMILES string of the molecule is CCCNCc1cc(Br)cnc1N1CCc2ccccc21. The predicted octanol–water partition coefficient (Wildman–Crippen LogP) is 4.04. The molecule has 1 aromatic heterocycles. The Morgan fingerprint density at radius 2 is 2.19 bits per heavy atom. The average Bonchev–Trinajstić information content (AvgIpc) is 2.92. The second-order valence-electron chi connectivity index (χ2n) is 5.34. The number of nitrogens with zero attached hydrogens (tertiary/aromatic N) is 2. The van der Waals surface area contributed by atoms with Crippen molar-refractivity contribution in [1.29, 1.82) is 0 Å². The third kappa shape index (κ3) is 3.11. The maximum Gasteiger partial charge on any atom is 0.137 e. The minimum absolute atomic E-state index is 0.855. The Bertz CT molecular complexity index is 627. The Labute approximate surface area is 134 Å². The number of para-hydroxylation sites is 1. The number of aromatic nitrogens is 1. The maximum atomic E-state index is 4.68. The van der Waals surface area contributed by atoms with Gasteiger partial charge in [-0.1, -0.05) is 25.1 Å². The van der Waals surface area contributed by atoms with Crippen LogP contribution in [0.3, 0.4) is 0 Å². The number of hydrogen-bond donors (Lipinski definition) is 1. The van der Waals surface area contributed by atoms with E-state index in [1.165, 1.54) is 16.8 Å². The molecule has 0 amide bonds. The molecule has 0 spiro atoms. The van der Waals surface area contributed by atoms with Crippen molar-refractivity contribution in [3.8, 4) is 0 Å². The van der Waals surface area contributed by atoms with Crippen molar-refractivity contribution >= 4 is 27.4 Å². The van der Waals surface area contributed by atoms with Crippen molar-refractivity contribution in [2.24, 2.45) is 0 Å². The summed E-state index contributed by atoms with van der Waals surface area (Å²) >= 11 is 3.54. The number of halogens is 1. The van der Waals surface area contributed by atoms with Gasteiger partial charge in [-0.05, 0) is 53.0 Å². The fourth-order valence-corrected chi connectivity index (χ4v) is 3.18. The molecule has 0 aliphatic carbocycles. The van der Waals surface area contributed by atoms with Gasteiger partial charge in [-0.3, -0.25) is 0 Å². The average molecular weight is 346 g/mol. The number of benzene rings is 1. The molecule has 2 aromatic rings. The number of rotatable bonds is 5. The number of nitrogens with one attached hydrogen (secondary N) is 1. The Hall–Kier alpha value is -1.39. The molecule has 0 bridgehead atoms. The molecule has 0 fully saturated rings. The smallest absolute Gasteiger partial charge is 0.137 e. The lowest BCUT2D eigenvalue weighted by atomic mass is 10.2. The Morgan fingerprint density at radius 1 is 1.33 bits per heavy atom. The fourth-order valence-electron chi connectivity index (χ4n) is 2.81. The fraction of sp³-hybridized carbons (Fsp3) is 0.353. The van der Waals surface area contributed by atoms with E-state index in [-0.39, 0.29) is 0 Å². The van der Waals surface area contributed by atoms with E-state index in [0.29, 0.717) is 0 Å². The van der Waals surface area contributed by atoms with Gasteiger partial charge in [-0.2, -0.15) is 0 Å². The third-order valence-electron chi connectivity index (χ3n) is 3.79. The lowest BCUT2D eigenvalue weighted by Gasteiger charge is -2.22. The minimum Gasteiger partial charge on any atom is -0.326 e. The van der Waals surface area contributed by atoms with Crippen LogP contribution in [0.2, 0.25) is 0 Å². The molecule has 0 unspecified atom stereocenters. The highest BCUT2D eigenvalue weighted by Crippen LogP contribution is 2.35. The predicted molar refractivity (Wildman–Crippen MR) is 91.1 cm³/mol. The van der Waals surface area contributed by atoms with Gasteiger partial charge in [0.15, 0.2) is 0 Å². The zero-order valence-electron chi connectivity index (χ0n) is 12.3. The van der Waals surface area contributed by atoms with E-state index in [0.717, 1.165) is 42.8 Å². The molecule has 3 nitrogen and oxygen atoms in total. The first kappa shape index (κ1) is 14.5. The van der Waals surface area contributed by atoms with E-state index >= 15 is 0 Å². The topological polar surface area (TPSA) is 28.2 Å². The highest BCUT2D eigenvalue weighted by molar-refractivity contribution is 9.10. The third-order valence-corrected chi connectivity index (χ3v) is 4.23. The number of fused-ring (bicyclic) bond motifs is 1. The highest BCUT2D eigenvalue weighted by atomic mass is 79.9. The van der Waals surface area contributed by atoms with Crippen LogP contribution >= 0.6 is 15.9 Å². The van der Waals surface area contributed by atoms with Crippen LogP contribution in [0.5, 0.6) is 0 Å². The summed E-state index contributed by atoms with van der Waals surface area (Å²) in [5.41, 5.74) is 3.95. The standard InChI is InChI=1S/C17H20BrN3/c1-2-8-19-11-14-10-15(18)12-20-17(14)21-9-7-13-5-3-4-6-16(13)21/h3-6,10,12,19H,2,7-9,11H2,1H3. The van der Waals surface area contributed by atoms with Crippen LogP contribution in [0.1, 0.15) is 24.5 Å². The van der Waals surface area contributed by atoms with Crippen LogP contribution in [0.25, 0.3) is 0 Å². The lowest BCUT2D eigenvalue weighted by Crippen LogP contribution is -2.20. The molecule has 1 aliphatic heterocycles. The van der Waals surface area contributed by atoms with Crippen molar-refractivity contribution in [3.63, 3.8) is 0 Å². The molecule has 0 saturated heterocycles. The zero-order chi connectivity index (χ0) is 14.7. The summed E-state index contributed by atoms with van der Waals surface area (Å²) in [5, 5.41) is 3.48. The van der Waals surface area contributed by atoms with E-state index in [2.05, 4.69) is 68.4 Å². The molecule has 4 heteroatoms. The van der Waals surface area contributed by atoms with Gasteiger partial charge in [0.05, 0.1) is 0 Å². The van der Waals surface area contributed by atoms with E-state index in [9.17, 15) is 0 Å². The molecular weight excluding hydrogens is 326 g/mol. The molecule has 3 rings (SSSR count). The van der Waals surface area contributed by atoms with E-state index in [4.69, 9.17) is 0 Å². The Balaban J connectivity index is 1.92. The summed E-state index contributed by atoms with van der Waals surface area (Å²) in [5.74, 6) is 1.08. The maximum absolute atomic E-state index is 4.68. The van der Waals surface area contributed by atoms with Crippen LogP contribution in [0.15, 0.2) is 41.0 Å². The van der Waals surface area contributed by atoms with Crippen molar-refractivity contribution in [1.82, 2.24) is 10.3 Å². The van der Waals surface area contributed by atoms with Crippen LogP contribution < -0.4 is 10.2 Å². The molecule has 21 heavy (non-hydrogen) atoms. The van der Waals surface area contributed by atoms with Gasteiger partial charge in [0.25, 0.3) is 0 Å². The number of hydrogen-bond acceptors (Lipinski definition) is 3. The van der Waals surface area contributed by atoms with Gasteiger partial charge in [0.2, 0.25) is 0 Å². The molecule has 1 aliphatic rings. The largest absolute Gasteiger partial charge is 0.326 e. The minimum atomic E-state index is 0.855. The molecule has 0 atom stereocenters. The van der Waals surface area contributed by atoms with Gasteiger partial charge in [-0.25, -0.2) is 4.98 Å². The van der Waals surface area contributed by atoms with Crippen molar-refractivity contribution in [3.05, 3.63) is 52.1 Å². The monoisotopic (exact) mass is 345 g/mol. The first-order chi connectivity index (χ1) is 10.3. The van der Waals surface area contributed by atoms with Crippen LogP contribution in [0, 0.1) is 0 Å². The zero-order valence-corrected chi connectivity index (χ0v) is 13.9. The van der Waals surface area contributed by atoms with Crippen LogP contribution in [0.4, 0.5) is 11.5 Å². The first-order valence-electron chi connectivity index (χ1n) is 7.50. The molecule has 2 heterocycles. The summed E-state index contributed by atoms with van der Waals surface area (Å²) in [6.45, 7) is 5.08. The van der Waals surface area contributed by atoms with Crippen molar-refractivity contribution < 1.29 is 0 Å². The molecule has 1 N–H and O–H groups in total. The first-order valence-corrected chi connectivity index (χ1v) is 8.29. The second-order valence-corrected chi connectivity index (χ2v) is 6.26. The van der Waals surface area contributed by atoms with E-state index in [1.807, 2.05) is 6.20 Å². The van der Waals surface area contributed by atoms with Gasteiger partial charge in [-0.15, -0.1) is 0 Å². The summed E-state index contributed by atoms with van der Waals surface area (Å²) in [4.78, 5) is 7.01. The van der Waals surface area contributed by atoms with Crippen molar-refractivity contribution in [2.75, 3.05) is 18.0 Å². The summed E-state index contributed by atoms with van der Waals surface area (Å²) in [6.07, 6.45) is 4.12. The molecular formula is C17H20BrN3. The van der Waals surface area contributed by atoms with Gasteiger partial charge >= 0.3 is 0 Å². The number of pyridine rings is 1. The normalized spacial score (nSPS) is 13.5. The molecule has 0 radical (unpaired) electrons. The highest BCUT2D eigenvalue weighted by Gasteiger charge is 2.22. The second kappa shape index (κ2) is 6.58. The van der Waals surface area contributed by atoms with E-state index < -0.39 is 0 Å². The summed E-state index contributed by atoms with van der Waals surface area (Å²) in [6, 6.07) is 10.8. The quantitative estimate of drug-likeness (QED) is 0.829. The number of anilines is 2. The summed E-state index contributed by atoms with van der Waals surface area (Å²) in [7, 11) is 0. The Morgan fingerprint density at radius 3 is 3.05 bits per heavy atom. The lowest BCUT2D eigenvalue weighted by molar-refractivity contribution is 0.673. The molecule has 0 saturated carbocycles. The Kier molecular flexibility index (Phi) is 4.56. The van der Waals surface area contributed by atoms with E-state index in [1.54, 1.807) is 0 Å². The summed E-state index contributed by atoms with van der Waals surface area (Å²) < 4.78 is 1.03.